The summed E-state index contributed by atoms with van der Waals surface area (Å²) in [6.07, 6.45) is 5.06. The highest BCUT2D eigenvalue weighted by atomic mass is 32.1. The molecular weight excluding hydrogens is 306 g/mol. The molecule has 1 amide bonds. The van der Waals surface area contributed by atoms with Gasteiger partial charge in [-0.05, 0) is 46.0 Å². The van der Waals surface area contributed by atoms with Crippen molar-refractivity contribution in [1.29, 1.82) is 0 Å². The number of nitrogens with one attached hydrogen (secondary N) is 1. The van der Waals surface area contributed by atoms with Crippen molar-refractivity contribution in [1.82, 2.24) is 15.1 Å². The molecule has 0 radical (unpaired) electrons. The molecule has 0 spiro atoms. The summed E-state index contributed by atoms with van der Waals surface area (Å²) in [6, 6.07) is 12.2. The molecule has 0 aliphatic heterocycles. The average Bonchev–Trinajstić information content (AvgIpc) is 3.26. The summed E-state index contributed by atoms with van der Waals surface area (Å²) in [7, 11) is 0. The van der Waals surface area contributed by atoms with Gasteiger partial charge in [-0.25, -0.2) is 0 Å². The third-order valence-electron chi connectivity index (χ3n) is 3.64. The zero-order valence-corrected chi connectivity index (χ0v) is 13.6. The van der Waals surface area contributed by atoms with E-state index >= 15 is 0 Å². The highest BCUT2D eigenvalue weighted by Gasteiger charge is 2.03. The summed E-state index contributed by atoms with van der Waals surface area (Å²) in [4.78, 5) is 11.9. The number of hydrogen-bond donors (Lipinski definition) is 1. The third-order valence-corrected chi connectivity index (χ3v) is 4.37. The van der Waals surface area contributed by atoms with E-state index in [2.05, 4.69) is 46.1 Å². The van der Waals surface area contributed by atoms with Gasteiger partial charge in [0.25, 0.3) is 0 Å². The maximum Gasteiger partial charge on any atom is 0.220 e. The molecule has 1 aromatic carbocycles. The second kappa shape index (κ2) is 7.74. The summed E-state index contributed by atoms with van der Waals surface area (Å²) in [5.74, 6) is 0.0943. The van der Waals surface area contributed by atoms with Gasteiger partial charge in [-0.3, -0.25) is 9.48 Å². The third kappa shape index (κ3) is 4.79. The minimum atomic E-state index is 0.0943. The van der Waals surface area contributed by atoms with Crippen LogP contribution in [0, 0.1) is 0 Å². The van der Waals surface area contributed by atoms with E-state index in [0.717, 1.165) is 18.5 Å². The van der Waals surface area contributed by atoms with Gasteiger partial charge < -0.3 is 5.32 Å². The summed E-state index contributed by atoms with van der Waals surface area (Å²) in [5, 5.41) is 11.3. The first kappa shape index (κ1) is 15.5. The Labute approximate surface area is 139 Å². The Morgan fingerprint density at radius 3 is 2.65 bits per heavy atom. The van der Waals surface area contributed by atoms with Crippen molar-refractivity contribution in [3.8, 4) is 0 Å². The van der Waals surface area contributed by atoms with E-state index in [0.29, 0.717) is 13.0 Å². The number of thiophene rings is 1. The fraction of sp³-hybridized carbons (Fsp3) is 0.222. The largest absolute Gasteiger partial charge is 0.352 e. The van der Waals surface area contributed by atoms with Crippen LogP contribution in [0.15, 0.2) is 59.6 Å². The summed E-state index contributed by atoms with van der Waals surface area (Å²) >= 11 is 1.67. The SMILES string of the molecule is O=C(CCc1ccsc1)NCc1ccc(Cn2cccn2)cc1. The smallest absolute Gasteiger partial charge is 0.220 e. The van der Waals surface area contributed by atoms with Crippen LogP contribution in [0.25, 0.3) is 0 Å². The van der Waals surface area contributed by atoms with Gasteiger partial charge in [0, 0.05) is 25.4 Å². The van der Waals surface area contributed by atoms with E-state index in [1.807, 2.05) is 22.3 Å². The number of carbonyl (C=O) groups excluding carboxylic acids is 1. The fourth-order valence-corrected chi connectivity index (χ4v) is 3.03. The topological polar surface area (TPSA) is 46.9 Å². The number of carbonyl (C=O) groups is 1. The lowest BCUT2D eigenvalue weighted by Gasteiger charge is -2.07. The molecule has 0 aliphatic rings. The van der Waals surface area contributed by atoms with Gasteiger partial charge in [0.2, 0.25) is 5.91 Å². The fourth-order valence-electron chi connectivity index (χ4n) is 2.33. The van der Waals surface area contributed by atoms with Crippen LogP contribution in [-0.4, -0.2) is 15.7 Å². The van der Waals surface area contributed by atoms with Crippen LogP contribution < -0.4 is 5.32 Å². The van der Waals surface area contributed by atoms with Crippen molar-refractivity contribution in [3.05, 3.63) is 76.2 Å². The highest BCUT2D eigenvalue weighted by molar-refractivity contribution is 7.07. The summed E-state index contributed by atoms with van der Waals surface area (Å²) in [6.45, 7) is 1.34. The molecule has 4 nitrogen and oxygen atoms in total. The van der Waals surface area contributed by atoms with Gasteiger partial charge in [0.15, 0.2) is 0 Å². The van der Waals surface area contributed by atoms with E-state index in [-0.39, 0.29) is 5.91 Å². The molecule has 0 atom stereocenters. The molecule has 118 valence electrons. The maximum absolute atomic E-state index is 11.9. The van der Waals surface area contributed by atoms with Gasteiger partial charge in [0.1, 0.15) is 0 Å². The lowest BCUT2D eigenvalue weighted by molar-refractivity contribution is -0.121. The predicted octanol–water partition coefficient (Wildman–Crippen LogP) is 3.24. The number of aryl methyl sites for hydroxylation is 1. The maximum atomic E-state index is 11.9. The summed E-state index contributed by atoms with van der Waals surface area (Å²) in [5.41, 5.74) is 3.53. The van der Waals surface area contributed by atoms with Crippen LogP contribution in [0.2, 0.25) is 0 Å². The molecular formula is C18H19N3OS. The predicted molar refractivity (Wildman–Crippen MR) is 92.3 cm³/mol. The van der Waals surface area contributed by atoms with Gasteiger partial charge in [-0.2, -0.15) is 16.4 Å². The van der Waals surface area contributed by atoms with Crippen molar-refractivity contribution in [2.24, 2.45) is 0 Å². The van der Waals surface area contributed by atoms with Gasteiger partial charge in [0.05, 0.1) is 6.54 Å². The molecule has 0 saturated carbocycles. The van der Waals surface area contributed by atoms with Crippen LogP contribution in [-0.2, 0) is 24.3 Å². The quantitative estimate of drug-likeness (QED) is 0.725. The van der Waals surface area contributed by atoms with E-state index in [1.165, 1.54) is 11.1 Å². The molecule has 0 unspecified atom stereocenters. The molecule has 1 N–H and O–H groups in total. The number of amides is 1. The Hall–Kier alpha value is -2.40. The Balaban J connectivity index is 1.43. The number of hydrogen-bond acceptors (Lipinski definition) is 3. The monoisotopic (exact) mass is 325 g/mol. The van der Waals surface area contributed by atoms with Gasteiger partial charge in [-0.1, -0.05) is 24.3 Å². The van der Waals surface area contributed by atoms with Crippen molar-refractivity contribution in [2.45, 2.75) is 25.9 Å². The number of rotatable bonds is 7. The van der Waals surface area contributed by atoms with Crippen LogP contribution in [0.1, 0.15) is 23.1 Å². The Morgan fingerprint density at radius 1 is 1.13 bits per heavy atom. The minimum Gasteiger partial charge on any atom is -0.352 e. The second-order valence-corrected chi connectivity index (χ2v) is 6.21. The lowest BCUT2D eigenvalue weighted by atomic mass is 10.1. The lowest BCUT2D eigenvalue weighted by Crippen LogP contribution is -2.22. The molecule has 0 aliphatic carbocycles. The van der Waals surface area contributed by atoms with Crippen LogP contribution in [0.5, 0.6) is 0 Å². The van der Waals surface area contributed by atoms with Crippen molar-refractivity contribution >= 4 is 17.2 Å². The van der Waals surface area contributed by atoms with E-state index < -0.39 is 0 Å². The van der Waals surface area contributed by atoms with Crippen LogP contribution >= 0.6 is 11.3 Å². The Kier molecular flexibility index (Phi) is 5.21. The summed E-state index contributed by atoms with van der Waals surface area (Å²) < 4.78 is 1.89. The standard InChI is InChI=1S/C18H19N3OS/c22-18(7-6-17-8-11-23-14-17)19-12-15-2-4-16(5-3-15)13-21-10-1-9-20-21/h1-5,8-11,14H,6-7,12-13H2,(H,19,22). The molecule has 3 aromatic rings. The molecule has 0 bridgehead atoms. The molecule has 3 rings (SSSR count). The number of nitrogens with zero attached hydrogens (tertiary/aromatic N) is 2. The van der Waals surface area contributed by atoms with Crippen molar-refractivity contribution in [2.75, 3.05) is 0 Å². The zero-order valence-electron chi connectivity index (χ0n) is 12.8. The molecule has 2 aromatic heterocycles. The molecule has 23 heavy (non-hydrogen) atoms. The molecule has 5 heteroatoms. The number of benzene rings is 1. The van der Waals surface area contributed by atoms with Crippen LogP contribution in [0.4, 0.5) is 0 Å². The normalized spacial score (nSPS) is 10.6. The molecule has 0 fully saturated rings. The first-order valence-corrected chi connectivity index (χ1v) is 8.57. The molecule has 0 saturated heterocycles. The first-order chi connectivity index (χ1) is 11.3. The highest BCUT2D eigenvalue weighted by Crippen LogP contribution is 2.09. The Morgan fingerprint density at radius 2 is 1.96 bits per heavy atom. The van der Waals surface area contributed by atoms with Crippen molar-refractivity contribution in [3.63, 3.8) is 0 Å². The van der Waals surface area contributed by atoms with Crippen molar-refractivity contribution < 1.29 is 4.79 Å². The average molecular weight is 325 g/mol. The number of aromatic nitrogens is 2. The van der Waals surface area contributed by atoms with Crippen LogP contribution in [0.3, 0.4) is 0 Å². The zero-order chi connectivity index (χ0) is 15.9. The van der Waals surface area contributed by atoms with Gasteiger partial charge >= 0.3 is 0 Å². The second-order valence-electron chi connectivity index (χ2n) is 5.43. The Bertz CT molecular complexity index is 718. The van der Waals surface area contributed by atoms with E-state index in [1.54, 1.807) is 17.5 Å². The van der Waals surface area contributed by atoms with Gasteiger partial charge in [-0.15, -0.1) is 0 Å². The van der Waals surface area contributed by atoms with E-state index in [9.17, 15) is 4.79 Å². The van der Waals surface area contributed by atoms with E-state index in [4.69, 9.17) is 0 Å². The first-order valence-electron chi connectivity index (χ1n) is 7.62. The molecule has 2 heterocycles. The minimum absolute atomic E-state index is 0.0943.